The molecule has 0 saturated carbocycles. The van der Waals surface area contributed by atoms with Crippen LogP contribution in [0.4, 0.5) is 0 Å². The number of hydrogen-bond acceptors (Lipinski definition) is 3. The number of nitrogens with one attached hydrogen (secondary N) is 1. The highest BCUT2D eigenvalue weighted by Gasteiger charge is 2.23. The maximum absolute atomic E-state index is 10.4. The summed E-state index contributed by atoms with van der Waals surface area (Å²) < 4.78 is 5.67. The van der Waals surface area contributed by atoms with Crippen LogP contribution in [0.15, 0.2) is 24.3 Å². The van der Waals surface area contributed by atoms with E-state index in [2.05, 4.69) is 5.32 Å². The Hall–Kier alpha value is -1.06. The van der Waals surface area contributed by atoms with Gasteiger partial charge in [-0.15, -0.1) is 0 Å². The molecule has 2 N–H and O–H groups in total. The summed E-state index contributed by atoms with van der Waals surface area (Å²) in [7, 11) is 0. The SMILES string of the molecule is CC(C)Oc1cccc(C(O)C2CCNCC2)c1. The van der Waals surface area contributed by atoms with Crippen LogP contribution in [0.1, 0.15) is 38.4 Å². The molecule has 0 bridgehead atoms. The molecule has 3 heteroatoms. The van der Waals surface area contributed by atoms with Crippen molar-refractivity contribution in [2.45, 2.75) is 38.9 Å². The third-order valence-corrected chi connectivity index (χ3v) is 3.40. The zero-order valence-corrected chi connectivity index (χ0v) is 11.2. The Morgan fingerprint density at radius 3 is 2.67 bits per heavy atom. The quantitative estimate of drug-likeness (QED) is 0.861. The molecule has 1 unspecified atom stereocenters. The molecule has 1 aliphatic heterocycles. The third-order valence-electron chi connectivity index (χ3n) is 3.40. The maximum atomic E-state index is 10.4. The van der Waals surface area contributed by atoms with Crippen molar-refractivity contribution in [1.82, 2.24) is 5.32 Å². The molecule has 0 amide bonds. The Balaban J connectivity index is 2.06. The Kier molecular flexibility index (Phi) is 4.61. The van der Waals surface area contributed by atoms with E-state index in [1.165, 1.54) is 0 Å². The summed E-state index contributed by atoms with van der Waals surface area (Å²) in [6.45, 7) is 6.03. The van der Waals surface area contributed by atoms with E-state index in [0.717, 1.165) is 37.2 Å². The van der Waals surface area contributed by atoms with E-state index in [0.29, 0.717) is 5.92 Å². The van der Waals surface area contributed by atoms with Gasteiger partial charge in [0.2, 0.25) is 0 Å². The Morgan fingerprint density at radius 1 is 1.28 bits per heavy atom. The second-order valence-corrected chi connectivity index (χ2v) is 5.27. The molecule has 0 radical (unpaired) electrons. The molecule has 1 aromatic rings. The lowest BCUT2D eigenvalue weighted by atomic mass is 9.88. The molecule has 0 aromatic heterocycles. The average Bonchev–Trinajstić information content (AvgIpc) is 2.38. The van der Waals surface area contributed by atoms with Crippen molar-refractivity contribution in [3.8, 4) is 5.75 Å². The van der Waals surface area contributed by atoms with E-state index in [-0.39, 0.29) is 12.2 Å². The van der Waals surface area contributed by atoms with E-state index < -0.39 is 0 Å². The minimum atomic E-state index is -0.372. The number of benzene rings is 1. The van der Waals surface area contributed by atoms with Crippen molar-refractivity contribution >= 4 is 0 Å². The normalized spacial score (nSPS) is 18.9. The summed E-state index contributed by atoms with van der Waals surface area (Å²) in [4.78, 5) is 0. The molecule has 18 heavy (non-hydrogen) atoms. The van der Waals surface area contributed by atoms with Crippen molar-refractivity contribution in [1.29, 1.82) is 0 Å². The van der Waals surface area contributed by atoms with Crippen molar-refractivity contribution in [2.24, 2.45) is 5.92 Å². The molecule has 1 saturated heterocycles. The number of aliphatic hydroxyl groups is 1. The Labute approximate surface area is 109 Å². The first-order chi connectivity index (χ1) is 8.66. The number of ether oxygens (including phenoxy) is 1. The highest BCUT2D eigenvalue weighted by molar-refractivity contribution is 5.30. The standard InChI is InChI=1S/C15H23NO2/c1-11(2)18-14-5-3-4-13(10-14)15(17)12-6-8-16-9-7-12/h3-5,10-12,15-17H,6-9H2,1-2H3. The van der Waals surface area contributed by atoms with Crippen LogP contribution in [0, 0.1) is 5.92 Å². The molecular formula is C15H23NO2. The predicted molar refractivity (Wildman–Crippen MR) is 72.8 cm³/mol. The smallest absolute Gasteiger partial charge is 0.120 e. The lowest BCUT2D eigenvalue weighted by Crippen LogP contribution is -2.30. The van der Waals surface area contributed by atoms with E-state index in [9.17, 15) is 5.11 Å². The molecular weight excluding hydrogens is 226 g/mol. The van der Waals surface area contributed by atoms with Gasteiger partial charge in [-0.25, -0.2) is 0 Å². The molecule has 100 valence electrons. The van der Waals surface area contributed by atoms with E-state index in [1.54, 1.807) is 0 Å². The minimum Gasteiger partial charge on any atom is -0.491 e. The van der Waals surface area contributed by atoms with Crippen LogP contribution in [0.5, 0.6) is 5.75 Å². The monoisotopic (exact) mass is 249 g/mol. The third kappa shape index (κ3) is 3.47. The lowest BCUT2D eigenvalue weighted by Gasteiger charge is -2.27. The first-order valence-electron chi connectivity index (χ1n) is 6.82. The molecule has 0 spiro atoms. The molecule has 1 fully saturated rings. The van der Waals surface area contributed by atoms with Crippen LogP contribution >= 0.6 is 0 Å². The first-order valence-corrected chi connectivity index (χ1v) is 6.82. The van der Waals surface area contributed by atoms with Crippen LogP contribution in [0.25, 0.3) is 0 Å². The van der Waals surface area contributed by atoms with Crippen molar-refractivity contribution in [2.75, 3.05) is 13.1 Å². The van der Waals surface area contributed by atoms with Crippen LogP contribution < -0.4 is 10.1 Å². The summed E-state index contributed by atoms with van der Waals surface area (Å²) in [5.74, 6) is 1.20. The van der Waals surface area contributed by atoms with Gasteiger partial charge in [-0.3, -0.25) is 0 Å². The number of piperidine rings is 1. The van der Waals surface area contributed by atoms with Gasteiger partial charge in [0.05, 0.1) is 12.2 Å². The number of aliphatic hydroxyl groups excluding tert-OH is 1. The van der Waals surface area contributed by atoms with Gasteiger partial charge in [0, 0.05) is 0 Å². The van der Waals surface area contributed by atoms with Gasteiger partial charge >= 0.3 is 0 Å². The summed E-state index contributed by atoms with van der Waals surface area (Å²) in [5, 5.41) is 13.7. The van der Waals surface area contributed by atoms with Gasteiger partial charge in [0.15, 0.2) is 0 Å². The van der Waals surface area contributed by atoms with Gasteiger partial charge < -0.3 is 15.2 Å². The highest BCUT2D eigenvalue weighted by atomic mass is 16.5. The van der Waals surface area contributed by atoms with Crippen LogP contribution in [0.2, 0.25) is 0 Å². The molecule has 2 rings (SSSR count). The van der Waals surface area contributed by atoms with Crippen molar-refractivity contribution in [3.63, 3.8) is 0 Å². The summed E-state index contributed by atoms with van der Waals surface area (Å²) >= 11 is 0. The van der Waals surface area contributed by atoms with E-state index in [4.69, 9.17) is 4.74 Å². The van der Waals surface area contributed by atoms with Gasteiger partial charge in [-0.1, -0.05) is 12.1 Å². The maximum Gasteiger partial charge on any atom is 0.120 e. The van der Waals surface area contributed by atoms with Crippen LogP contribution in [-0.2, 0) is 0 Å². The fraction of sp³-hybridized carbons (Fsp3) is 0.600. The van der Waals surface area contributed by atoms with Crippen LogP contribution in [-0.4, -0.2) is 24.3 Å². The van der Waals surface area contributed by atoms with Gasteiger partial charge in [0.1, 0.15) is 5.75 Å². The van der Waals surface area contributed by atoms with E-state index >= 15 is 0 Å². The van der Waals surface area contributed by atoms with Gasteiger partial charge in [-0.05, 0) is 63.4 Å². The topological polar surface area (TPSA) is 41.5 Å². The molecule has 3 nitrogen and oxygen atoms in total. The summed E-state index contributed by atoms with van der Waals surface area (Å²) in [6.07, 6.45) is 1.87. The Bertz CT molecular complexity index is 373. The van der Waals surface area contributed by atoms with Crippen molar-refractivity contribution in [3.05, 3.63) is 29.8 Å². The van der Waals surface area contributed by atoms with Gasteiger partial charge in [-0.2, -0.15) is 0 Å². The lowest BCUT2D eigenvalue weighted by molar-refractivity contribution is 0.0885. The molecule has 1 heterocycles. The molecule has 1 aliphatic rings. The fourth-order valence-electron chi connectivity index (χ4n) is 2.48. The van der Waals surface area contributed by atoms with Crippen molar-refractivity contribution < 1.29 is 9.84 Å². The highest BCUT2D eigenvalue weighted by Crippen LogP contribution is 2.30. The van der Waals surface area contributed by atoms with Crippen LogP contribution in [0.3, 0.4) is 0 Å². The first kappa shape index (κ1) is 13.4. The summed E-state index contributed by atoms with van der Waals surface area (Å²) in [6, 6.07) is 7.85. The minimum absolute atomic E-state index is 0.163. The molecule has 1 atom stereocenters. The molecule has 1 aromatic carbocycles. The second-order valence-electron chi connectivity index (χ2n) is 5.27. The predicted octanol–water partition coefficient (Wildman–Crippen LogP) is 2.51. The number of hydrogen-bond donors (Lipinski definition) is 2. The summed E-state index contributed by atoms with van der Waals surface area (Å²) in [5.41, 5.74) is 0.972. The average molecular weight is 249 g/mol. The zero-order valence-electron chi connectivity index (χ0n) is 11.2. The fourth-order valence-corrected chi connectivity index (χ4v) is 2.48. The second kappa shape index (κ2) is 6.21. The van der Waals surface area contributed by atoms with E-state index in [1.807, 2.05) is 38.1 Å². The zero-order chi connectivity index (χ0) is 13.0. The molecule has 0 aliphatic carbocycles. The largest absolute Gasteiger partial charge is 0.491 e. The van der Waals surface area contributed by atoms with Gasteiger partial charge in [0.25, 0.3) is 0 Å². The Morgan fingerprint density at radius 2 is 2.00 bits per heavy atom. The number of rotatable bonds is 4.